The van der Waals surface area contributed by atoms with Gasteiger partial charge in [-0.1, -0.05) is 48.5 Å². The van der Waals surface area contributed by atoms with Crippen LogP contribution in [0, 0.1) is 6.92 Å². The molecule has 30 heavy (non-hydrogen) atoms. The normalized spacial score (nSPS) is 12.6. The van der Waals surface area contributed by atoms with Crippen LogP contribution in [0.5, 0.6) is 0 Å². The number of hydrogen-bond donors (Lipinski definition) is 0. The van der Waals surface area contributed by atoms with Crippen molar-refractivity contribution < 1.29 is 0 Å². The van der Waals surface area contributed by atoms with Crippen LogP contribution in [0.1, 0.15) is 16.8 Å². The Labute approximate surface area is 174 Å². The number of hydrogen-bond acceptors (Lipinski definition) is 3. The average Bonchev–Trinajstić information content (AvgIpc) is 3.15. The standard InChI is InChI=1S/C26H20N4/c1-17-23-24(19-9-7-15-27-16-19)22-14-13-18-8-5-6-12-21(18)25(22)28-26(23)30(29-17)20-10-3-2-4-11-20/h2-12,15-16H,13-14H2,1H3. The molecule has 4 heteroatoms. The summed E-state index contributed by atoms with van der Waals surface area (Å²) in [5.41, 5.74) is 10.2. The van der Waals surface area contributed by atoms with E-state index in [4.69, 9.17) is 10.1 Å². The molecule has 6 rings (SSSR count). The number of aromatic nitrogens is 4. The minimum absolute atomic E-state index is 0.896. The third-order valence-corrected chi connectivity index (χ3v) is 5.96. The number of para-hydroxylation sites is 1. The highest BCUT2D eigenvalue weighted by atomic mass is 15.3. The fraction of sp³-hybridized carbons (Fsp3) is 0.115. The molecule has 0 saturated heterocycles. The molecule has 3 heterocycles. The molecule has 5 aromatic rings. The second kappa shape index (κ2) is 6.63. The molecule has 144 valence electrons. The molecular formula is C26H20N4. The summed E-state index contributed by atoms with van der Waals surface area (Å²) in [6.07, 6.45) is 5.77. The molecule has 1 aliphatic rings. The molecule has 1 aliphatic carbocycles. The van der Waals surface area contributed by atoms with Crippen molar-refractivity contribution in [3.05, 3.63) is 95.9 Å². The predicted molar refractivity (Wildman–Crippen MR) is 120 cm³/mol. The lowest BCUT2D eigenvalue weighted by molar-refractivity contribution is 0.875. The Kier molecular flexibility index (Phi) is 3.78. The Morgan fingerprint density at radius 1 is 0.867 bits per heavy atom. The van der Waals surface area contributed by atoms with Crippen LogP contribution in [-0.4, -0.2) is 19.7 Å². The number of benzene rings is 2. The van der Waals surface area contributed by atoms with Gasteiger partial charge in [-0.3, -0.25) is 4.98 Å². The van der Waals surface area contributed by atoms with Crippen LogP contribution in [0.4, 0.5) is 0 Å². The van der Waals surface area contributed by atoms with Gasteiger partial charge in [-0.15, -0.1) is 0 Å². The molecule has 3 aromatic heterocycles. The number of pyridine rings is 2. The van der Waals surface area contributed by atoms with Crippen molar-refractivity contribution in [1.82, 2.24) is 19.7 Å². The summed E-state index contributed by atoms with van der Waals surface area (Å²) in [5.74, 6) is 0. The molecule has 0 radical (unpaired) electrons. The van der Waals surface area contributed by atoms with Crippen LogP contribution in [0.3, 0.4) is 0 Å². The first kappa shape index (κ1) is 17.1. The van der Waals surface area contributed by atoms with Gasteiger partial charge in [0.25, 0.3) is 0 Å². The zero-order valence-corrected chi connectivity index (χ0v) is 16.7. The second-order valence-electron chi connectivity index (χ2n) is 7.74. The van der Waals surface area contributed by atoms with Crippen LogP contribution >= 0.6 is 0 Å². The molecule has 0 N–H and O–H groups in total. The van der Waals surface area contributed by atoms with Crippen molar-refractivity contribution in [2.45, 2.75) is 19.8 Å². The van der Waals surface area contributed by atoms with E-state index >= 15 is 0 Å². The summed E-state index contributed by atoms with van der Waals surface area (Å²) in [6.45, 7) is 2.08. The van der Waals surface area contributed by atoms with E-state index in [1.165, 1.54) is 22.3 Å². The first-order valence-corrected chi connectivity index (χ1v) is 10.3. The molecule has 0 spiro atoms. The third-order valence-electron chi connectivity index (χ3n) is 5.96. The van der Waals surface area contributed by atoms with Crippen molar-refractivity contribution in [2.75, 3.05) is 0 Å². The highest BCUT2D eigenvalue weighted by Gasteiger charge is 2.26. The van der Waals surface area contributed by atoms with Gasteiger partial charge in [0.1, 0.15) is 0 Å². The fourth-order valence-electron chi connectivity index (χ4n) is 4.63. The Morgan fingerprint density at radius 3 is 2.53 bits per heavy atom. The van der Waals surface area contributed by atoms with E-state index in [1.807, 2.05) is 41.3 Å². The monoisotopic (exact) mass is 388 g/mol. The van der Waals surface area contributed by atoms with E-state index in [1.54, 1.807) is 0 Å². The SMILES string of the molecule is Cc1nn(-c2ccccc2)c2nc3c(c(-c4cccnc4)c12)CCc1ccccc1-3. The van der Waals surface area contributed by atoms with Gasteiger partial charge < -0.3 is 0 Å². The van der Waals surface area contributed by atoms with E-state index in [2.05, 4.69) is 54.4 Å². The van der Waals surface area contributed by atoms with Crippen molar-refractivity contribution in [1.29, 1.82) is 0 Å². The van der Waals surface area contributed by atoms with Gasteiger partial charge in [-0.05, 0) is 49.1 Å². The number of nitrogens with zero attached hydrogens (tertiary/aromatic N) is 4. The van der Waals surface area contributed by atoms with Gasteiger partial charge >= 0.3 is 0 Å². The van der Waals surface area contributed by atoms with Crippen molar-refractivity contribution in [3.8, 4) is 28.1 Å². The molecule has 0 saturated carbocycles. The molecule has 4 nitrogen and oxygen atoms in total. The maximum Gasteiger partial charge on any atom is 0.164 e. The summed E-state index contributed by atoms with van der Waals surface area (Å²) in [5, 5.41) is 6.02. The van der Waals surface area contributed by atoms with Crippen molar-refractivity contribution in [2.24, 2.45) is 0 Å². The minimum atomic E-state index is 0.896. The van der Waals surface area contributed by atoms with Crippen LogP contribution in [0.25, 0.3) is 39.1 Å². The molecule has 0 amide bonds. The molecule has 0 aliphatic heterocycles. The average molecular weight is 388 g/mol. The van der Waals surface area contributed by atoms with Crippen molar-refractivity contribution in [3.63, 3.8) is 0 Å². The Balaban J connectivity index is 1.77. The highest BCUT2D eigenvalue weighted by molar-refractivity contribution is 6.00. The summed E-state index contributed by atoms with van der Waals surface area (Å²) in [6, 6.07) is 23.0. The number of fused-ring (bicyclic) bond motifs is 4. The summed E-state index contributed by atoms with van der Waals surface area (Å²) >= 11 is 0. The quantitative estimate of drug-likeness (QED) is 0.398. The Morgan fingerprint density at radius 2 is 1.70 bits per heavy atom. The summed E-state index contributed by atoms with van der Waals surface area (Å²) in [7, 11) is 0. The molecule has 2 aromatic carbocycles. The molecule has 0 atom stereocenters. The smallest absolute Gasteiger partial charge is 0.164 e. The van der Waals surface area contributed by atoms with Gasteiger partial charge in [0.05, 0.1) is 22.5 Å². The lowest BCUT2D eigenvalue weighted by Gasteiger charge is -2.22. The zero-order chi connectivity index (χ0) is 20.1. The minimum Gasteiger partial charge on any atom is -0.264 e. The van der Waals surface area contributed by atoms with Gasteiger partial charge in [0.15, 0.2) is 5.65 Å². The number of aryl methyl sites for hydroxylation is 2. The van der Waals surface area contributed by atoms with Crippen LogP contribution < -0.4 is 0 Å². The van der Waals surface area contributed by atoms with Crippen LogP contribution in [0.2, 0.25) is 0 Å². The maximum atomic E-state index is 5.22. The largest absolute Gasteiger partial charge is 0.264 e. The molecule has 0 fully saturated rings. The zero-order valence-electron chi connectivity index (χ0n) is 16.7. The van der Waals surface area contributed by atoms with Gasteiger partial charge in [-0.25, -0.2) is 9.67 Å². The summed E-state index contributed by atoms with van der Waals surface area (Å²) < 4.78 is 1.97. The fourth-order valence-corrected chi connectivity index (χ4v) is 4.63. The van der Waals surface area contributed by atoms with Crippen molar-refractivity contribution >= 4 is 11.0 Å². The van der Waals surface area contributed by atoms with E-state index in [0.29, 0.717) is 0 Å². The van der Waals surface area contributed by atoms with Gasteiger partial charge in [0, 0.05) is 29.1 Å². The van der Waals surface area contributed by atoms with Gasteiger partial charge in [-0.2, -0.15) is 5.10 Å². The Bertz CT molecular complexity index is 1390. The summed E-state index contributed by atoms with van der Waals surface area (Å²) in [4.78, 5) is 9.63. The predicted octanol–water partition coefficient (Wildman–Crippen LogP) is 5.56. The first-order valence-electron chi connectivity index (χ1n) is 10.3. The van der Waals surface area contributed by atoms with Gasteiger partial charge in [0.2, 0.25) is 0 Å². The lowest BCUT2D eigenvalue weighted by Crippen LogP contribution is -2.09. The lowest BCUT2D eigenvalue weighted by atomic mass is 9.84. The van der Waals surface area contributed by atoms with Crippen LogP contribution in [-0.2, 0) is 12.8 Å². The first-order chi connectivity index (χ1) is 14.8. The Hall–Kier alpha value is -3.79. The topological polar surface area (TPSA) is 43.6 Å². The third kappa shape index (κ3) is 2.50. The second-order valence-corrected chi connectivity index (χ2v) is 7.74. The molecular weight excluding hydrogens is 368 g/mol. The maximum absolute atomic E-state index is 5.22. The van der Waals surface area contributed by atoms with E-state index in [9.17, 15) is 0 Å². The highest BCUT2D eigenvalue weighted by Crippen LogP contribution is 2.42. The molecule has 0 unspecified atom stereocenters. The molecule has 0 bridgehead atoms. The van der Waals surface area contributed by atoms with E-state index in [0.717, 1.165) is 46.5 Å². The van der Waals surface area contributed by atoms with E-state index < -0.39 is 0 Å². The van der Waals surface area contributed by atoms with Crippen LogP contribution in [0.15, 0.2) is 79.1 Å². The van der Waals surface area contributed by atoms with E-state index in [-0.39, 0.29) is 0 Å². The number of rotatable bonds is 2.